The highest BCUT2D eigenvalue weighted by Crippen LogP contribution is 2.44. The average Bonchev–Trinajstić information content (AvgIpc) is 2.91. The molecule has 7 nitrogen and oxygen atoms in total. The number of hydrogen-bond acceptors (Lipinski definition) is 9. The van der Waals surface area contributed by atoms with Gasteiger partial charge in [0.25, 0.3) is 0 Å². The molecule has 1 aliphatic carbocycles. The van der Waals surface area contributed by atoms with Crippen molar-refractivity contribution in [3.8, 4) is 0 Å². The second-order valence-corrected chi connectivity index (χ2v) is 12.1. The van der Waals surface area contributed by atoms with Crippen LogP contribution in [0.1, 0.15) is 65.9 Å². The molecular weight excluding hydrogens is 534 g/mol. The number of rotatable bonds is 11. The molecule has 216 valence electrons. The quantitative estimate of drug-likeness (QED) is 0.0980. The van der Waals surface area contributed by atoms with Crippen molar-refractivity contribution in [3.05, 3.63) is 47.7 Å². The summed E-state index contributed by atoms with van der Waals surface area (Å²) >= 11 is 2.75. The monoisotopic (exact) mass is 577 g/mol. The first kappa shape index (κ1) is 32.9. The Hall–Kier alpha value is -2.26. The summed E-state index contributed by atoms with van der Waals surface area (Å²) in [6.45, 7) is 10.3. The Morgan fingerprint density at radius 1 is 1.05 bits per heavy atom. The molecule has 1 aliphatic rings. The standard InChI is InChI=1S/C30H43NO6S2/c1-8-35-26(32)19-21(18-24(28(34)36-9-2)31-29(38-6)39-7)27(33)37-25-17-20(3)15-16-23(25)30(4,5)22-13-11-10-12-14-22/h10-14,18,20-21,23,25H,8-9,15-17,19H2,1-7H3/b24-18-/t20?,21-,23?,25?/m0/s1. The summed E-state index contributed by atoms with van der Waals surface area (Å²) in [5, 5.41) is 0. The lowest BCUT2D eigenvalue weighted by molar-refractivity contribution is -0.163. The van der Waals surface area contributed by atoms with Crippen molar-refractivity contribution >= 4 is 45.8 Å². The van der Waals surface area contributed by atoms with Crippen molar-refractivity contribution in [3.63, 3.8) is 0 Å². The molecule has 4 atom stereocenters. The van der Waals surface area contributed by atoms with Crippen LogP contribution in [0.15, 0.2) is 47.1 Å². The third-order valence-corrected chi connectivity index (χ3v) is 9.05. The fourth-order valence-electron chi connectivity index (χ4n) is 5.03. The summed E-state index contributed by atoms with van der Waals surface area (Å²) in [6.07, 6.45) is 7.20. The lowest BCUT2D eigenvalue weighted by Gasteiger charge is -2.44. The van der Waals surface area contributed by atoms with Crippen LogP contribution in [0.3, 0.4) is 0 Å². The molecule has 1 fully saturated rings. The molecule has 0 radical (unpaired) electrons. The Kier molecular flexibility index (Phi) is 13.6. The molecule has 0 saturated heterocycles. The summed E-state index contributed by atoms with van der Waals surface area (Å²) in [5.74, 6) is -2.33. The number of carbonyl (C=O) groups excluding carboxylic acids is 3. The van der Waals surface area contributed by atoms with Crippen LogP contribution in [0.5, 0.6) is 0 Å². The van der Waals surface area contributed by atoms with E-state index in [-0.39, 0.29) is 42.8 Å². The molecular formula is C30H43NO6S2. The van der Waals surface area contributed by atoms with E-state index in [1.54, 1.807) is 13.8 Å². The molecule has 0 aliphatic heterocycles. The SMILES string of the molecule is CCOC(=O)C[C@H](/C=C(\N=C(SC)SC)C(=O)OCC)C(=O)OC1CC(C)CCC1C(C)(C)c1ccccc1. The molecule has 1 aromatic carbocycles. The first-order valence-electron chi connectivity index (χ1n) is 13.5. The fourth-order valence-corrected chi connectivity index (χ4v) is 6.08. The molecule has 0 spiro atoms. The van der Waals surface area contributed by atoms with Crippen molar-refractivity contribution in [1.82, 2.24) is 0 Å². The molecule has 2 rings (SSSR count). The van der Waals surface area contributed by atoms with E-state index in [2.05, 4.69) is 37.9 Å². The summed E-state index contributed by atoms with van der Waals surface area (Å²) in [7, 11) is 0. The van der Waals surface area contributed by atoms with Gasteiger partial charge in [-0.2, -0.15) is 0 Å². The first-order chi connectivity index (χ1) is 18.6. The van der Waals surface area contributed by atoms with Crippen molar-refractivity contribution < 1.29 is 28.6 Å². The van der Waals surface area contributed by atoms with Gasteiger partial charge in [-0.25, -0.2) is 9.79 Å². The van der Waals surface area contributed by atoms with Crippen LogP contribution >= 0.6 is 23.5 Å². The highest BCUT2D eigenvalue weighted by Gasteiger charge is 2.42. The molecule has 1 saturated carbocycles. The summed E-state index contributed by atoms with van der Waals surface area (Å²) in [4.78, 5) is 43.4. The van der Waals surface area contributed by atoms with Crippen molar-refractivity contribution in [2.75, 3.05) is 25.7 Å². The van der Waals surface area contributed by atoms with Gasteiger partial charge in [-0.15, -0.1) is 23.5 Å². The second-order valence-electron chi connectivity index (χ2n) is 10.3. The van der Waals surface area contributed by atoms with Gasteiger partial charge in [0.2, 0.25) is 0 Å². The Morgan fingerprint density at radius 2 is 1.69 bits per heavy atom. The van der Waals surface area contributed by atoms with E-state index < -0.39 is 23.8 Å². The van der Waals surface area contributed by atoms with E-state index in [0.29, 0.717) is 10.3 Å². The lowest BCUT2D eigenvalue weighted by atomic mass is 9.64. The summed E-state index contributed by atoms with van der Waals surface area (Å²) < 4.78 is 17.2. The van der Waals surface area contributed by atoms with Gasteiger partial charge in [0, 0.05) is 5.92 Å². The minimum absolute atomic E-state index is 0.0278. The lowest BCUT2D eigenvalue weighted by Crippen LogP contribution is -2.44. The van der Waals surface area contributed by atoms with E-state index in [1.165, 1.54) is 35.2 Å². The maximum Gasteiger partial charge on any atom is 0.356 e. The molecule has 0 amide bonds. The van der Waals surface area contributed by atoms with Gasteiger partial charge >= 0.3 is 17.9 Å². The van der Waals surface area contributed by atoms with Gasteiger partial charge in [-0.3, -0.25) is 9.59 Å². The summed E-state index contributed by atoms with van der Waals surface area (Å²) in [6, 6.07) is 10.3. The predicted molar refractivity (Wildman–Crippen MR) is 160 cm³/mol. The Labute approximate surface area is 241 Å². The van der Waals surface area contributed by atoms with Crippen LogP contribution in [-0.2, 0) is 34.0 Å². The fraction of sp³-hybridized carbons (Fsp3) is 0.600. The van der Waals surface area contributed by atoms with E-state index >= 15 is 0 Å². The number of benzene rings is 1. The molecule has 9 heteroatoms. The van der Waals surface area contributed by atoms with Crippen molar-refractivity contribution in [2.24, 2.45) is 22.7 Å². The predicted octanol–water partition coefficient (Wildman–Crippen LogP) is 6.41. The highest BCUT2D eigenvalue weighted by molar-refractivity contribution is 8.38. The first-order valence-corrected chi connectivity index (χ1v) is 16.0. The van der Waals surface area contributed by atoms with Gasteiger partial charge in [0.15, 0.2) is 0 Å². The zero-order chi connectivity index (χ0) is 29.0. The average molecular weight is 578 g/mol. The maximum absolute atomic E-state index is 13.7. The van der Waals surface area contributed by atoms with Gasteiger partial charge in [-0.1, -0.05) is 57.5 Å². The number of esters is 3. The Balaban J connectivity index is 2.45. The topological polar surface area (TPSA) is 91.3 Å². The second kappa shape index (κ2) is 16.1. The normalized spacial score (nSPS) is 20.5. The van der Waals surface area contributed by atoms with Gasteiger partial charge < -0.3 is 14.2 Å². The van der Waals surface area contributed by atoms with Crippen molar-refractivity contribution in [2.45, 2.75) is 71.8 Å². The largest absolute Gasteiger partial charge is 0.466 e. The molecule has 0 aromatic heterocycles. The van der Waals surface area contributed by atoms with Crippen LogP contribution in [0, 0.1) is 17.8 Å². The number of aliphatic imine (C=N–C) groups is 1. The molecule has 0 heterocycles. The number of carbonyl (C=O) groups is 3. The van der Waals surface area contributed by atoms with Crippen LogP contribution < -0.4 is 0 Å². The zero-order valence-corrected chi connectivity index (χ0v) is 25.9. The zero-order valence-electron chi connectivity index (χ0n) is 24.2. The van der Waals surface area contributed by atoms with Crippen LogP contribution in [0.25, 0.3) is 0 Å². The highest BCUT2D eigenvalue weighted by atomic mass is 32.2. The summed E-state index contributed by atoms with van der Waals surface area (Å²) in [5.41, 5.74) is 0.930. The smallest absolute Gasteiger partial charge is 0.356 e. The van der Waals surface area contributed by atoms with E-state index in [4.69, 9.17) is 14.2 Å². The minimum atomic E-state index is -1.05. The minimum Gasteiger partial charge on any atom is -0.466 e. The van der Waals surface area contributed by atoms with Gasteiger partial charge in [-0.05, 0) is 62.2 Å². The Bertz CT molecular complexity index is 1020. The van der Waals surface area contributed by atoms with E-state index in [1.807, 2.05) is 30.7 Å². The van der Waals surface area contributed by atoms with Crippen LogP contribution in [0.2, 0.25) is 0 Å². The number of ether oxygens (including phenoxy) is 3. The van der Waals surface area contributed by atoms with Gasteiger partial charge in [0.05, 0.1) is 25.6 Å². The third kappa shape index (κ3) is 9.71. The molecule has 39 heavy (non-hydrogen) atoms. The van der Waals surface area contributed by atoms with Crippen LogP contribution in [0.4, 0.5) is 0 Å². The molecule has 3 unspecified atom stereocenters. The maximum atomic E-state index is 13.7. The number of hydrogen-bond donors (Lipinski definition) is 0. The molecule has 0 bridgehead atoms. The van der Waals surface area contributed by atoms with Crippen molar-refractivity contribution in [1.29, 1.82) is 0 Å². The molecule has 1 aromatic rings. The molecule has 0 N–H and O–H groups in total. The van der Waals surface area contributed by atoms with E-state index in [0.717, 1.165) is 19.3 Å². The van der Waals surface area contributed by atoms with E-state index in [9.17, 15) is 14.4 Å². The Morgan fingerprint density at radius 3 is 2.28 bits per heavy atom. The number of nitrogens with zero attached hydrogens (tertiary/aromatic N) is 1. The van der Waals surface area contributed by atoms with Gasteiger partial charge in [0.1, 0.15) is 16.2 Å². The third-order valence-electron chi connectivity index (χ3n) is 7.17. The van der Waals surface area contributed by atoms with Crippen LogP contribution in [-0.4, -0.2) is 54.1 Å². The number of thioether (sulfide) groups is 2.